The summed E-state index contributed by atoms with van der Waals surface area (Å²) in [6.45, 7) is 3.68. The highest BCUT2D eigenvalue weighted by Crippen LogP contribution is 2.28. The van der Waals surface area contributed by atoms with Crippen molar-refractivity contribution >= 4 is 29.9 Å². The van der Waals surface area contributed by atoms with Crippen molar-refractivity contribution < 1.29 is 4.74 Å². The van der Waals surface area contributed by atoms with E-state index in [0.717, 1.165) is 18.4 Å². The molecule has 0 amide bonds. The second kappa shape index (κ2) is 8.46. The number of rotatable bonds is 5. The van der Waals surface area contributed by atoms with E-state index in [-0.39, 0.29) is 24.0 Å². The zero-order valence-corrected chi connectivity index (χ0v) is 14.7. The molecule has 1 saturated carbocycles. The SMILES string of the molecule is CN=C(NCc1cccc(COC)c1)NC1CC1C.I. The molecule has 0 radical (unpaired) electrons. The van der Waals surface area contributed by atoms with Crippen molar-refractivity contribution in [3.63, 3.8) is 0 Å². The zero-order chi connectivity index (χ0) is 13.7. The van der Waals surface area contributed by atoms with Crippen LogP contribution in [0.4, 0.5) is 0 Å². The van der Waals surface area contributed by atoms with Gasteiger partial charge in [0.15, 0.2) is 5.96 Å². The Hall–Kier alpha value is -0.820. The first kappa shape index (κ1) is 17.2. The lowest BCUT2D eigenvalue weighted by atomic mass is 10.1. The number of methoxy groups -OCH3 is 1. The van der Waals surface area contributed by atoms with Crippen LogP contribution in [0.1, 0.15) is 24.5 Å². The Morgan fingerprint density at radius 1 is 1.40 bits per heavy atom. The van der Waals surface area contributed by atoms with Gasteiger partial charge in [-0.3, -0.25) is 4.99 Å². The molecule has 2 atom stereocenters. The van der Waals surface area contributed by atoms with E-state index in [0.29, 0.717) is 12.6 Å². The summed E-state index contributed by atoms with van der Waals surface area (Å²) >= 11 is 0. The molecule has 5 heteroatoms. The zero-order valence-electron chi connectivity index (χ0n) is 12.3. The minimum Gasteiger partial charge on any atom is -0.380 e. The van der Waals surface area contributed by atoms with Crippen molar-refractivity contribution in [3.05, 3.63) is 35.4 Å². The molecule has 0 bridgehead atoms. The summed E-state index contributed by atoms with van der Waals surface area (Å²) in [4.78, 5) is 4.25. The Balaban J connectivity index is 0.00000200. The summed E-state index contributed by atoms with van der Waals surface area (Å²) in [5.74, 6) is 1.65. The third kappa shape index (κ3) is 5.28. The van der Waals surface area contributed by atoms with Crippen molar-refractivity contribution in [1.82, 2.24) is 10.6 Å². The fourth-order valence-electron chi connectivity index (χ4n) is 2.08. The third-order valence-corrected chi connectivity index (χ3v) is 3.42. The number of ether oxygens (including phenoxy) is 1. The first-order valence-corrected chi connectivity index (χ1v) is 6.77. The molecule has 2 unspecified atom stereocenters. The fourth-order valence-corrected chi connectivity index (χ4v) is 2.08. The first-order chi connectivity index (χ1) is 9.22. The average Bonchev–Trinajstić information content (AvgIpc) is 3.11. The summed E-state index contributed by atoms with van der Waals surface area (Å²) in [5.41, 5.74) is 2.43. The van der Waals surface area contributed by atoms with E-state index in [9.17, 15) is 0 Å². The highest BCUT2D eigenvalue weighted by molar-refractivity contribution is 14.0. The van der Waals surface area contributed by atoms with Crippen LogP contribution in [0.2, 0.25) is 0 Å². The van der Waals surface area contributed by atoms with E-state index < -0.39 is 0 Å². The molecule has 20 heavy (non-hydrogen) atoms. The number of nitrogens with zero attached hydrogens (tertiary/aromatic N) is 1. The van der Waals surface area contributed by atoms with Crippen LogP contribution in [0, 0.1) is 5.92 Å². The summed E-state index contributed by atoms with van der Waals surface area (Å²) in [6.07, 6.45) is 1.24. The molecule has 0 aromatic heterocycles. The molecule has 1 aromatic carbocycles. The van der Waals surface area contributed by atoms with Crippen LogP contribution in [-0.2, 0) is 17.9 Å². The molecule has 112 valence electrons. The Morgan fingerprint density at radius 3 is 2.70 bits per heavy atom. The van der Waals surface area contributed by atoms with Gasteiger partial charge < -0.3 is 15.4 Å². The number of halogens is 1. The standard InChI is InChI=1S/C15H23N3O.HI/c1-11-7-14(11)18-15(16-2)17-9-12-5-4-6-13(8-12)10-19-3;/h4-6,8,11,14H,7,9-10H2,1-3H3,(H2,16,17,18);1H. The van der Waals surface area contributed by atoms with Gasteiger partial charge in [-0.2, -0.15) is 0 Å². The Morgan fingerprint density at radius 2 is 2.10 bits per heavy atom. The first-order valence-electron chi connectivity index (χ1n) is 6.77. The monoisotopic (exact) mass is 389 g/mol. The smallest absolute Gasteiger partial charge is 0.191 e. The van der Waals surface area contributed by atoms with E-state index in [2.05, 4.69) is 46.8 Å². The van der Waals surface area contributed by atoms with Gasteiger partial charge in [-0.15, -0.1) is 24.0 Å². The predicted octanol–water partition coefficient (Wildman–Crippen LogP) is 2.52. The molecule has 0 spiro atoms. The summed E-state index contributed by atoms with van der Waals surface area (Å²) in [7, 11) is 3.53. The van der Waals surface area contributed by atoms with Crippen molar-refractivity contribution in [2.24, 2.45) is 10.9 Å². The van der Waals surface area contributed by atoms with Crippen LogP contribution in [0.15, 0.2) is 29.3 Å². The topological polar surface area (TPSA) is 45.7 Å². The van der Waals surface area contributed by atoms with Crippen LogP contribution in [0.3, 0.4) is 0 Å². The van der Waals surface area contributed by atoms with Gasteiger partial charge >= 0.3 is 0 Å². The van der Waals surface area contributed by atoms with Gasteiger partial charge in [0.05, 0.1) is 6.61 Å². The van der Waals surface area contributed by atoms with Crippen molar-refractivity contribution in [2.45, 2.75) is 32.5 Å². The molecule has 4 nitrogen and oxygen atoms in total. The molecular formula is C15H24IN3O. The lowest BCUT2D eigenvalue weighted by molar-refractivity contribution is 0.185. The molecule has 1 fully saturated rings. The maximum atomic E-state index is 5.15. The number of hydrogen-bond donors (Lipinski definition) is 2. The van der Waals surface area contributed by atoms with Crippen LogP contribution in [0.5, 0.6) is 0 Å². The summed E-state index contributed by atoms with van der Waals surface area (Å²) in [6, 6.07) is 8.99. The quantitative estimate of drug-likeness (QED) is 0.462. The normalized spacial score (nSPS) is 21.1. The number of aliphatic imine (C=N–C) groups is 1. The van der Waals surface area contributed by atoms with Gasteiger partial charge in [-0.1, -0.05) is 31.2 Å². The van der Waals surface area contributed by atoms with Gasteiger partial charge in [-0.05, 0) is 23.5 Å². The highest BCUT2D eigenvalue weighted by Gasteiger charge is 2.33. The van der Waals surface area contributed by atoms with E-state index >= 15 is 0 Å². The van der Waals surface area contributed by atoms with Crippen LogP contribution >= 0.6 is 24.0 Å². The Bertz CT molecular complexity index is 450. The maximum Gasteiger partial charge on any atom is 0.191 e. The lowest BCUT2D eigenvalue weighted by Gasteiger charge is -2.12. The van der Waals surface area contributed by atoms with Crippen LogP contribution < -0.4 is 10.6 Å². The summed E-state index contributed by atoms with van der Waals surface area (Å²) < 4.78 is 5.15. The lowest BCUT2D eigenvalue weighted by Crippen LogP contribution is -2.38. The molecule has 1 aliphatic carbocycles. The summed E-state index contributed by atoms with van der Waals surface area (Å²) in [5, 5.41) is 6.76. The molecule has 0 saturated heterocycles. The van der Waals surface area contributed by atoms with Crippen molar-refractivity contribution in [2.75, 3.05) is 14.2 Å². The average molecular weight is 389 g/mol. The third-order valence-electron chi connectivity index (χ3n) is 3.42. The number of guanidine groups is 1. The molecule has 0 heterocycles. The van der Waals surface area contributed by atoms with E-state index in [1.807, 2.05) is 7.05 Å². The predicted molar refractivity (Wildman–Crippen MR) is 93.5 cm³/mol. The van der Waals surface area contributed by atoms with E-state index in [4.69, 9.17) is 4.74 Å². The van der Waals surface area contributed by atoms with Crippen LogP contribution in [-0.4, -0.2) is 26.2 Å². The number of hydrogen-bond acceptors (Lipinski definition) is 2. The number of nitrogens with one attached hydrogen (secondary N) is 2. The number of benzene rings is 1. The highest BCUT2D eigenvalue weighted by atomic mass is 127. The Labute approximate surface area is 138 Å². The molecule has 1 aliphatic rings. The van der Waals surface area contributed by atoms with Crippen LogP contribution in [0.25, 0.3) is 0 Å². The maximum absolute atomic E-state index is 5.15. The van der Waals surface area contributed by atoms with E-state index in [1.165, 1.54) is 17.5 Å². The van der Waals surface area contributed by atoms with Gasteiger partial charge in [-0.25, -0.2) is 0 Å². The fraction of sp³-hybridized carbons (Fsp3) is 0.533. The largest absolute Gasteiger partial charge is 0.380 e. The molecular weight excluding hydrogens is 365 g/mol. The van der Waals surface area contributed by atoms with Crippen molar-refractivity contribution in [1.29, 1.82) is 0 Å². The minimum absolute atomic E-state index is 0. The van der Waals surface area contributed by atoms with Gasteiger partial charge in [0.25, 0.3) is 0 Å². The molecule has 1 aromatic rings. The Kier molecular flexibility index (Phi) is 7.29. The second-order valence-corrected chi connectivity index (χ2v) is 5.14. The van der Waals surface area contributed by atoms with Gasteiger partial charge in [0, 0.05) is 26.7 Å². The second-order valence-electron chi connectivity index (χ2n) is 5.14. The van der Waals surface area contributed by atoms with Crippen molar-refractivity contribution in [3.8, 4) is 0 Å². The molecule has 2 rings (SSSR count). The molecule has 0 aliphatic heterocycles. The van der Waals surface area contributed by atoms with Gasteiger partial charge in [0.2, 0.25) is 0 Å². The van der Waals surface area contributed by atoms with Gasteiger partial charge in [0.1, 0.15) is 0 Å². The van der Waals surface area contributed by atoms with E-state index in [1.54, 1.807) is 7.11 Å². The minimum atomic E-state index is 0. The molecule has 2 N–H and O–H groups in total.